The Morgan fingerprint density at radius 1 is 0.861 bits per heavy atom. The second-order valence-electron chi connectivity index (χ2n) is 8.15. The summed E-state index contributed by atoms with van der Waals surface area (Å²) in [7, 11) is 0. The summed E-state index contributed by atoms with van der Waals surface area (Å²) < 4.78 is 7.51. The first-order valence-electron chi connectivity index (χ1n) is 11.4. The first-order valence-corrected chi connectivity index (χ1v) is 11.4. The highest BCUT2D eigenvalue weighted by Crippen LogP contribution is 2.26. The minimum atomic E-state index is -0.249. The van der Waals surface area contributed by atoms with Crippen LogP contribution in [0.5, 0.6) is 5.75 Å². The third-order valence-corrected chi connectivity index (χ3v) is 5.73. The molecule has 0 fully saturated rings. The number of benzene rings is 3. The van der Waals surface area contributed by atoms with Crippen LogP contribution < -0.4 is 10.1 Å². The molecule has 3 heterocycles. The first-order chi connectivity index (χ1) is 17.7. The molecule has 36 heavy (non-hydrogen) atoms. The van der Waals surface area contributed by atoms with Crippen molar-refractivity contribution < 1.29 is 9.53 Å². The summed E-state index contributed by atoms with van der Waals surface area (Å²) in [6.07, 6.45) is 3.43. The molecule has 0 bridgehead atoms. The van der Waals surface area contributed by atoms with E-state index in [2.05, 4.69) is 20.5 Å². The smallest absolute Gasteiger partial charge is 0.262 e. The van der Waals surface area contributed by atoms with E-state index in [0.717, 1.165) is 27.6 Å². The minimum Gasteiger partial charge on any atom is -0.483 e. The standard InChI is InChI=1S/C28H20N6O2/c35-27(18-36-25-12-4-7-19-6-1-2-11-23(19)25)30-22-10-3-8-20(16-22)24-13-14-26-31-32-28(34(26)33-24)21-9-5-15-29-17-21/h1-17H,18H2,(H,30,35). The molecular weight excluding hydrogens is 452 g/mol. The van der Waals surface area contributed by atoms with Crippen LogP contribution in [-0.4, -0.2) is 37.3 Å². The number of ether oxygens (including phenoxy) is 1. The van der Waals surface area contributed by atoms with E-state index in [1.165, 1.54) is 0 Å². The SMILES string of the molecule is O=C(COc1cccc2ccccc12)Nc1cccc(-c2ccc3nnc(-c4cccnc4)n3n2)c1. The summed E-state index contributed by atoms with van der Waals surface area (Å²) >= 11 is 0. The van der Waals surface area contributed by atoms with Crippen molar-refractivity contribution in [1.82, 2.24) is 24.8 Å². The number of anilines is 1. The third kappa shape index (κ3) is 4.23. The van der Waals surface area contributed by atoms with Crippen molar-refractivity contribution in [2.75, 3.05) is 11.9 Å². The fraction of sp³-hybridized carbons (Fsp3) is 0.0357. The Balaban J connectivity index is 1.20. The highest BCUT2D eigenvalue weighted by Gasteiger charge is 2.12. The number of hydrogen-bond acceptors (Lipinski definition) is 6. The monoisotopic (exact) mass is 472 g/mol. The normalized spacial score (nSPS) is 11.0. The number of rotatable bonds is 6. The lowest BCUT2D eigenvalue weighted by atomic mass is 10.1. The predicted molar refractivity (Wildman–Crippen MR) is 138 cm³/mol. The lowest BCUT2D eigenvalue weighted by Crippen LogP contribution is -2.20. The molecular formula is C28H20N6O2. The second kappa shape index (κ2) is 9.27. The summed E-state index contributed by atoms with van der Waals surface area (Å²) in [6, 6.07) is 28.7. The number of nitrogens with zero attached hydrogens (tertiary/aromatic N) is 5. The summed E-state index contributed by atoms with van der Waals surface area (Å²) in [6.45, 7) is -0.0996. The number of carbonyl (C=O) groups is 1. The Morgan fingerprint density at radius 3 is 2.64 bits per heavy atom. The van der Waals surface area contributed by atoms with Gasteiger partial charge in [0.15, 0.2) is 18.1 Å². The molecule has 8 nitrogen and oxygen atoms in total. The van der Waals surface area contributed by atoms with Crippen LogP contribution in [-0.2, 0) is 4.79 Å². The molecule has 0 aliphatic carbocycles. The molecule has 6 aromatic rings. The number of fused-ring (bicyclic) bond motifs is 2. The number of pyridine rings is 1. The molecule has 6 rings (SSSR count). The Morgan fingerprint density at radius 2 is 1.72 bits per heavy atom. The molecule has 0 atom stereocenters. The van der Waals surface area contributed by atoms with E-state index in [0.29, 0.717) is 22.9 Å². The molecule has 1 amide bonds. The number of carbonyl (C=O) groups excluding carboxylic acids is 1. The zero-order chi connectivity index (χ0) is 24.3. The van der Waals surface area contributed by atoms with Crippen molar-refractivity contribution in [1.29, 1.82) is 0 Å². The van der Waals surface area contributed by atoms with Gasteiger partial charge in [-0.05, 0) is 47.9 Å². The van der Waals surface area contributed by atoms with Gasteiger partial charge in [0, 0.05) is 34.6 Å². The van der Waals surface area contributed by atoms with E-state index in [1.54, 1.807) is 16.9 Å². The maximum Gasteiger partial charge on any atom is 0.262 e. The average molecular weight is 473 g/mol. The fourth-order valence-corrected chi connectivity index (χ4v) is 4.04. The van der Waals surface area contributed by atoms with Gasteiger partial charge in [-0.3, -0.25) is 9.78 Å². The van der Waals surface area contributed by atoms with Crippen LogP contribution in [0.2, 0.25) is 0 Å². The van der Waals surface area contributed by atoms with E-state index >= 15 is 0 Å². The molecule has 0 saturated carbocycles. The molecule has 1 N–H and O–H groups in total. The summed E-state index contributed by atoms with van der Waals surface area (Å²) in [5.74, 6) is 1.03. The molecule has 3 aromatic heterocycles. The van der Waals surface area contributed by atoms with Crippen LogP contribution >= 0.6 is 0 Å². The number of hydrogen-bond donors (Lipinski definition) is 1. The summed E-state index contributed by atoms with van der Waals surface area (Å²) in [4.78, 5) is 16.8. The topological polar surface area (TPSA) is 94.3 Å². The number of amides is 1. The maximum absolute atomic E-state index is 12.6. The van der Waals surface area contributed by atoms with Gasteiger partial charge in [-0.1, -0.05) is 48.5 Å². The van der Waals surface area contributed by atoms with Gasteiger partial charge >= 0.3 is 0 Å². The van der Waals surface area contributed by atoms with Crippen LogP contribution in [0.15, 0.2) is 103 Å². The molecule has 8 heteroatoms. The van der Waals surface area contributed by atoms with Gasteiger partial charge in [0.25, 0.3) is 5.91 Å². The maximum atomic E-state index is 12.6. The summed E-state index contributed by atoms with van der Waals surface area (Å²) in [5.41, 5.74) is 3.66. The zero-order valence-corrected chi connectivity index (χ0v) is 19.1. The van der Waals surface area contributed by atoms with E-state index in [-0.39, 0.29) is 12.5 Å². The van der Waals surface area contributed by atoms with Crippen molar-refractivity contribution in [2.24, 2.45) is 0 Å². The Hall–Kier alpha value is -5.11. The van der Waals surface area contributed by atoms with E-state index in [1.807, 2.05) is 91.0 Å². The lowest BCUT2D eigenvalue weighted by molar-refractivity contribution is -0.118. The van der Waals surface area contributed by atoms with Gasteiger partial charge in [0.2, 0.25) is 0 Å². The van der Waals surface area contributed by atoms with Gasteiger partial charge < -0.3 is 10.1 Å². The highest BCUT2D eigenvalue weighted by atomic mass is 16.5. The van der Waals surface area contributed by atoms with Gasteiger partial charge in [-0.15, -0.1) is 10.2 Å². The number of aromatic nitrogens is 5. The van der Waals surface area contributed by atoms with Crippen molar-refractivity contribution >= 4 is 28.0 Å². The molecule has 0 spiro atoms. The van der Waals surface area contributed by atoms with Gasteiger partial charge in [0.1, 0.15) is 5.75 Å². The van der Waals surface area contributed by atoms with Crippen molar-refractivity contribution in [3.63, 3.8) is 0 Å². The van der Waals surface area contributed by atoms with Crippen molar-refractivity contribution in [3.8, 4) is 28.4 Å². The molecule has 0 saturated heterocycles. The van der Waals surface area contributed by atoms with E-state index in [9.17, 15) is 4.79 Å². The Kier molecular flexibility index (Phi) is 5.51. The molecule has 0 aliphatic heterocycles. The van der Waals surface area contributed by atoms with Crippen LogP contribution in [0.25, 0.3) is 39.1 Å². The quantitative estimate of drug-likeness (QED) is 0.366. The molecule has 0 aliphatic rings. The van der Waals surface area contributed by atoms with Crippen molar-refractivity contribution in [3.05, 3.63) is 103 Å². The lowest BCUT2D eigenvalue weighted by Gasteiger charge is -2.11. The minimum absolute atomic E-state index is 0.0996. The second-order valence-corrected chi connectivity index (χ2v) is 8.15. The van der Waals surface area contributed by atoms with Gasteiger partial charge in [-0.25, -0.2) is 0 Å². The molecule has 0 unspecified atom stereocenters. The third-order valence-electron chi connectivity index (χ3n) is 5.73. The van der Waals surface area contributed by atoms with Crippen LogP contribution in [0.1, 0.15) is 0 Å². The Labute approximate surface area is 206 Å². The molecule has 3 aromatic carbocycles. The summed E-state index contributed by atoms with van der Waals surface area (Å²) in [5, 5.41) is 18.1. The Bertz CT molecular complexity index is 1690. The van der Waals surface area contributed by atoms with Crippen molar-refractivity contribution in [2.45, 2.75) is 0 Å². The van der Waals surface area contributed by atoms with Crippen LogP contribution in [0.3, 0.4) is 0 Å². The van der Waals surface area contributed by atoms with E-state index in [4.69, 9.17) is 9.84 Å². The highest BCUT2D eigenvalue weighted by molar-refractivity contribution is 5.93. The largest absolute Gasteiger partial charge is 0.483 e. The van der Waals surface area contributed by atoms with Gasteiger partial charge in [0.05, 0.1) is 5.69 Å². The van der Waals surface area contributed by atoms with E-state index < -0.39 is 0 Å². The zero-order valence-electron chi connectivity index (χ0n) is 19.1. The first kappa shape index (κ1) is 21.4. The molecule has 0 radical (unpaired) electrons. The fourth-order valence-electron chi connectivity index (χ4n) is 4.04. The average Bonchev–Trinajstić information content (AvgIpc) is 3.36. The van der Waals surface area contributed by atoms with Crippen LogP contribution in [0, 0.1) is 0 Å². The van der Waals surface area contributed by atoms with Gasteiger partial charge in [-0.2, -0.15) is 9.61 Å². The number of nitrogens with one attached hydrogen (secondary N) is 1. The van der Waals surface area contributed by atoms with Crippen LogP contribution in [0.4, 0.5) is 5.69 Å². The molecule has 174 valence electrons. The predicted octanol–water partition coefficient (Wildman–Crippen LogP) is 5.02.